The minimum absolute atomic E-state index is 0.476. The van der Waals surface area contributed by atoms with Crippen LogP contribution in [0.2, 0.25) is 0 Å². The lowest BCUT2D eigenvalue weighted by molar-refractivity contribution is 0.286. The second-order valence-electron chi connectivity index (χ2n) is 4.17. The average Bonchev–Trinajstić information content (AvgIpc) is 2.17. The zero-order valence-electron chi connectivity index (χ0n) is 9.79. The van der Waals surface area contributed by atoms with Gasteiger partial charge in [0.25, 0.3) is 0 Å². The minimum Gasteiger partial charge on any atom is -0.493 e. The summed E-state index contributed by atoms with van der Waals surface area (Å²) in [7, 11) is 0. The van der Waals surface area contributed by atoms with Crippen LogP contribution in [0, 0.1) is 12.8 Å². The van der Waals surface area contributed by atoms with E-state index in [1.807, 2.05) is 13.0 Å². The van der Waals surface area contributed by atoms with Crippen molar-refractivity contribution in [3.05, 3.63) is 23.5 Å². The number of nitrogens with two attached hydrogens (primary N) is 1. The summed E-state index contributed by atoms with van der Waals surface area (Å²) in [6.07, 6.45) is 2.85. The first-order valence-corrected chi connectivity index (χ1v) is 5.42. The van der Waals surface area contributed by atoms with Crippen LogP contribution in [0.1, 0.15) is 31.5 Å². The molecule has 1 rings (SSSR count). The van der Waals surface area contributed by atoms with Gasteiger partial charge < -0.3 is 10.5 Å². The topological polar surface area (TPSA) is 48.1 Å². The van der Waals surface area contributed by atoms with Crippen molar-refractivity contribution in [1.82, 2.24) is 4.98 Å². The summed E-state index contributed by atoms with van der Waals surface area (Å²) in [6, 6.07) is 1.95. The molecule has 0 aliphatic heterocycles. The molecule has 15 heavy (non-hydrogen) atoms. The van der Waals surface area contributed by atoms with Gasteiger partial charge in [-0.3, -0.25) is 4.98 Å². The first-order valence-electron chi connectivity index (χ1n) is 5.42. The van der Waals surface area contributed by atoms with Gasteiger partial charge in [0.05, 0.1) is 6.61 Å². The summed E-state index contributed by atoms with van der Waals surface area (Å²) in [4.78, 5) is 4.19. The van der Waals surface area contributed by atoms with Crippen LogP contribution in [0.4, 0.5) is 0 Å². The van der Waals surface area contributed by atoms with E-state index < -0.39 is 0 Å². The van der Waals surface area contributed by atoms with Crippen molar-refractivity contribution in [1.29, 1.82) is 0 Å². The van der Waals surface area contributed by atoms with Gasteiger partial charge in [-0.1, -0.05) is 13.8 Å². The molecule has 1 aromatic rings. The SMILES string of the molecule is Cc1cc(OCCC(C)C)c(CN)cn1. The number of nitrogens with zero attached hydrogens (tertiary/aromatic N) is 1. The molecule has 0 spiro atoms. The van der Waals surface area contributed by atoms with E-state index in [1.165, 1.54) is 0 Å². The molecule has 2 N–H and O–H groups in total. The van der Waals surface area contributed by atoms with Crippen LogP contribution in [0.5, 0.6) is 5.75 Å². The molecule has 0 radical (unpaired) electrons. The molecule has 84 valence electrons. The Bertz CT molecular complexity index is 310. The van der Waals surface area contributed by atoms with E-state index in [2.05, 4.69) is 18.8 Å². The maximum absolute atomic E-state index is 5.70. The first-order chi connectivity index (χ1) is 7.13. The van der Waals surface area contributed by atoms with Crippen molar-refractivity contribution in [3.8, 4) is 5.75 Å². The molecule has 0 amide bonds. The van der Waals surface area contributed by atoms with E-state index in [0.717, 1.165) is 30.0 Å². The van der Waals surface area contributed by atoms with Crippen LogP contribution in [0.25, 0.3) is 0 Å². The van der Waals surface area contributed by atoms with Crippen molar-refractivity contribution in [2.45, 2.75) is 33.7 Å². The van der Waals surface area contributed by atoms with E-state index in [9.17, 15) is 0 Å². The summed E-state index contributed by atoms with van der Waals surface area (Å²) in [6.45, 7) is 7.55. The number of pyridine rings is 1. The van der Waals surface area contributed by atoms with Crippen molar-refractivity contribution in [3.63, 3.8) is 0 Å². The molecule has 0 saturated heterocycles. The van der Waals surface area contributed by atoms with Gasteiger partial charge in [0.15, 0.2) is 0 Å². The molecule has 1 heterocycles. The standard InChI is InChI=1S/C12H20N2O/c1-9(2)4-5-15-12-6-10(3)14-8-11(12)7-13/h6,8-9H,4-5,7,13H2,1-3H3. The number of aryl methyl sites for hydroxylation is 1. The Kier molecular flexibility index (Phi) is 4.56. The van der Waals surface area contributed by atoms with Gasteiger partial charge in [0.2, 0.25) is 0 Å². The third kappa shape index (κ3) is 3.88. The summed E-state index contributed by atoms with van der Waals surface area (Å²) < 4.78 is 5.70. The van der Waals surface area contributed by atoms with Crippen LogP contribution in [0.15, 0.2) is 12.3 Å². The molecule has 0 unspecified atom stereocenters. The summed E-state index contributed by atoms with van der Waals surface area (Å²) in [5.74, 6) is 1.54. The monoisotopic (exact) mass is 208 g/mol. The van der Waals surface area contributed by atoms with Gasteiger partial charge in [0, 0.05) is 30.1 Å². The molecule has 0 aliphatic carbocycles. The van der Waals surface area contributed by atoms with E-state index in [-0.39, 0.29) is 0 Å². The van der Waals surface area contributed by atoms with Gasteiger partial charge in [-0.2, -0.15) is 0 Å². The Morgan fingerprint density at radius 3 is 2.80 bits per heavy atom. The zero-order chi connectivity index (χ0) is 11.3. The average molecular weight is 208 g/mol. The van der Waals surface area contributed by atoms with Crippen molar-refractivity contribution in [2.24, 2.45) is 11.7 Å². The second-order valence-corrected chi connectivity index (χ2v) is 4.17. The summed E-state index contributed by atoms with van der Waals surface area (Å²) >= 11 is 0. The fraction of sp³-hybridized carbons (Fsp3) is 0.583. The second kappa shape index (κ2) is 5.71. The number of aromatic nitrogens is 1. The maximum atomic E-state index is 5.70. The zero-order valence-corrected chi connectivity index (χ0v) is 9.79. The lowest BCUT2D eigenvalue weighted by atomic mass is 10.1. The Balaban J connectivity index is 2.62. The van der Waals surface area contributed by atoms with Crippen LogP contribution in [-0.2, 0) is 6.54 Å². The Morgan fingerprint density at radius 1 is 1.47 bits per heavy atom. The van der Waals surface area contributed by atoms with E-state index in [0.29, 0.717) is 12.5 Å². The number of rotatable bonds is 5. The summed E-state index contributed by atoms with van der Waals surface area (Å²) in [5.41, 5.74) is 7.55. The Hall–Kier alpha value is -1.09. The normalized spacial score (nSPS) is 10.7. The van der Waals surface area contributed by atoms with Crippen molar-refractivity contribution >= 4 is 0 Å². The van der Waals surface area contributed by atoms with E-state index >= 15 is 0 Å². The molecule has 3 nitrogen and oxygen atoms in total. The smallest absolute Gasteiger partial charge is 0.127 e. The predicted molar refractivity (Wildman–Crippen MR) is 61.8 cm³/mol. The molecular formula is C12H20N2O. The van der Waals surface area contributed by atoms with Gasteiger partial charge >= 0.3 is 0 Å². The minimum atomic E-state index is 0.476. The highest BCUT2D eigenvalue weighted by Crippen LogP contribution is 2.18. The first kappa shape index (κ1) is 12.0. The number of hydrogen-bond donors (Lipinski definition) is 1. The highest BCUT2D eigenvalue weighted by atomic mass is 16.5. The van der Waals surface area contributed by atoms with Crippen LogP contribution in [0.3, 0.4) is 0 Å². The van der Waals surface area contributed by atoms with Crippen LogP contribution < -0.4 is 10.5 Å². The van der Waals surface area contributed by atoms with E-state index in [4.69, 9.17) is 10.5 Å². The number of hydrogen-bond acceptors (Lipinski definition) is 3. The molecular weight excluding hydrogens is 188 g/mol. The van der Waals surface area contributed by atoms with Gasteiger partial charge in [0.1, 0.15) is 5.75 Å². The predicted octanol–water partition coefficient (Wildman–Crippen LogP) is 2.27. The largest absolute Gasteiger partial charge is 0.493 e. The van der Waals surface area contributed by atoms with Crippen molar-refractivity contribution in [2.75, 3.05) is 6.61 Å². The highest BCUT2D eigenvalue weighted by molar-refractivity contribution is 5.32. The number of ether oxygens (including phenoxy) is 1. The highest BCUT2D eigenvalue weighted by Gasteiger charge is 2.03. The van der Waals surface area contributed by atoms with Crippen LogP contribution >= 0.6 is 0 Å². The fourth-order valence-electron chi connectivity index (χ4n) is 1.26. The van der Waals surface area contributed by atoms with Gasteiger partial charge in [-0.25, -0.2) is 0 Å². The van der Waals surface area contributed by atoms with Gasteiger partial charge in [-0.05, 0) is 19.3 Å². The molecule has 1 aromatic heterocycles. The molecule has 0 fully saturated rings. The third-order valence-electron chi connectivity index (χ3n) is 2.25. The summed E-state index contributed by atoms with van der Waals surface area (Å²) in [5, 5.41) is 0. The fourth-order valence-corrected chi connectivity index (χ4v) is 1.26. The Morgan fingerprint density at radius 2 is 2.20 bits per heavy atom. The lowest BCUT2D eigenvalue weighted by Crippen LogP contribution is -2.06. The van der Waals surface area contributed by atoms with Gasteiger partial charge in [-0.15, -0.1) is 0 Å². The molecule has 3 heteroatoms. The van der Waals surface area contributed by atoms with Crippen LogP contribution in [-0.4, -0.2) is 11.6 Å². The molecule has 0 aliphatic rings. The molecule has 0 aromatic carbocycles. The van der Waals surface area contributed by atoms with Crippen molar-refractivity contribution < 1.29 is 4.74 Å². The quantitative estimate of drug-likeness (QED) is 0.807. The molecule has 0 saturated carbocycles. The van der Waals surface area contributed by atoms with E-state index in [1.54, 1.807) is 6.20 Å². The molecule has 0 atom stereocenters. The molecule has 0 bridgehead atoms. The maximum Gasteiger partial charge on any atom is 0.127 e. The third-order valence-corrected chi connectivity index (χ3v) is 2.25. The lowest BCUT2D eigenvalue weighted by Gasteiger charge is -2.11. The Labute approximate surface area is 91.7 Å².